The van der Waals surface area contributed by atoms with E-state index in [1.165, 1.54) is 17.5 Å². The van der Waals surface area contributed by atoms with Gasteiger partial charge in [0.25, 0.3) is 0 Å². The SMILES string of the molecule is CCCOC1CCCN(c2nncc(C)c2C)C1. The van der Waals surface area contributed by atoms with Crippen molar-refractivity contribution in [3.8, 4) is 0 Å². The van der Waals surface area contributed by atoms with Crippen molar-refractivity contribution in [1.82, 2.24) is 10.2 Å². The second kappa shape index (κ2) is 6.14. The van der Waals surface area contributed by atoms with Crippen LogP contribution in [0.2, 0.25) is 0 Å². The largest absolute Gasteiger partial charge is 0.376 e. The molecule has 1 aliphatic heterocycles. The molecule has 2 rings (SSSR count). The van der Waals surface area contributed by atoms with Gasteiger partial charge in [0, 0.05) is 19.7 Å². The van der Waals surface area contributed by atoms with Crippen LogP contribution in [0.5, 0.6) is 0 Å². The summed E-state index contributed by atoms with van der Waals surface area (Å²) in [5.41, 5.74) is 2.44. The molecular weight excluding hydrogens is 226 g/mol. The predicted molar refractivity (Wildman–Crippen MR) is 73.0 cm³/mol. The Kier molecular flexibility index (Phi) is 4.53. The zero-order chi connectivity index (χ0) is 13.0. The highest BCUT2D eigenvalue weighted by molar-refractivity contribution is 5.48. The van der Waals surface area contributed by atoms with Gasteiger partial charge in [-0.2, -0.15) is 5.10 Å². The summed E-state index contributed by atoms with van der Waals surface area (Å²) >= 11 is 0. The summed E-state index contributed by atoms with van der Waals surface area (Å²) in [5, 5.41) is 8.37. The molecule has 0 aliphatic carbocycles. The number of rotatable bonds is 4. The average molecular weight is 249 g/mol. The quantitative estimate of drug-likeness (QED) is 0.821. The molecule has 1 unspecified atom stereocenters. The molecule has 1 fully saturated rings. The maximum Gasteiger partial charge on any atom is 0.154 e. The maximum atomic E-state index is 5.86. The Hall–Kier alpha value is -1.16. The number of hydrogen-bond acceptors (Lipinski definition) is 4. The van der Waals surface area contributed by atoms with E-state index in [0.717, 1.165) is 38.4 Å². The highest BCUT2D eigenvalue weighted by Crippen LogP contribution is 2.23. The topological polar surface area (TPSA) is 38.2 Å². The Labute approximate surface area is 109 Å². The van der Waals surface area contributed by atoms with Crippen molar-refractivity contribution in [3.63, 3.8) is 0 Å². The molecule has 4 nitrogen and oxygen atoms in total. The van der Waals surface area contributed by atoms with Gasteiger partial charge in [0.15, 0.2) is 5.82 Å². The van der Waals surface area contributed by atoms with Gasteiger partial charge in [0.1, 0.15) is 0 Å². The van der Waals surface area contributed by atoms with Gasteiger partial charge in [-0.1, -0.05) is 6.92 Å². The minimum Gasteiger partial charge on any atom is -0.376 e. The van der Waals surface area contributed by atoms with Crippen LogP contribution in [0, 0.1) is 13.8 Å². The third kappa shape index (κ3) is 2.99. The molecule has 0 bridgehead atoms. The standard InChI is InChI=1S/C14H23N3O/c1-4-8-18-13-6-5-7-17(10-13)14-12(3)11(2)9-15-16-14/h9,13H,4-8,10H2,1-3H3. The lowest BCUT2D eigenvalue weighted by Gasteiger charge is -2.34. The first-order valence-corrected chi connectivity index (χ1v) is 6.87. The van der Waals surface area contributed by atoms with E-state index in [4.69, 9.17) is 4.74 Å². The number of aromatic nitrogens is 2. The molecule has 1 aromatic rings. The van der Waals surface area contributed by atoms with Crippen LogP contribution in [0.3, 0.4) is 0 Å². The molecule has 0 spiro atoms. The molecule has 0 saturated carbocycles. The van der Waals surface area contributed by atoms with Crippen molar-refractivity contribution in [2.45, 2.75) is 46.1 Å². The number of anilines is 1. The fourth-order valence-electron chi connectivity index (χ4n) is 2.37. The van der Waals surface area contributed by atoms with Crippen LogP contribution in [-0.2, 0) is 4.74 Å². The van der Waals surface area contributed by atoms with Gasteiger partial charge in [-0.25, -0.2) is 0 Å². The van der Waals surface area contributed by atoms with E-state index in [2.05, 4.69) is 35.9 Å². The zero-order valence-corrected chi connectivity index (χ0v) is 11.6. The highest BCUT2D eigenvalue weighted by Gasteiger charge is 2.22. The summed E-state index contributed by atoms with van der Waals surface area (Å²) in [6.45, 7) is 9.22. The highest BCUT2D eigenvalue weighted by atomic mass is 16.5. The molecule has 0 aromatic carbocycles. The van der Waals surface area contributed by atoms with Gasteiger partial charge in [-0.3, -0.25) is 0 Å². The van der Waals surface area contributed by atoms with Crippen molar-refractivity contribution in [2.24, 2.45) is 0 Å². The Morgan fingerprint density at radius 3 is 3.06 bits per heavy atom. The third-order valence-electron chi connectivity index (χ3n) is 3.57. The fourth-order valence-corrected chi connectivity index (χ4v) is 2.37. The summed E-state index contributed by atoms with van der Waals surface area (Å²) in [4.78, 5) is 2.32. The summed E-state index contributed by atoms with van der Waals surface area (Å²) in [5.74, 6) is 1.03. The van der Waals surface area contributed by atoms with Gasteiger partial charge in [-0.05, 0) is 44.2 Å². The first-order chi connectivity index (χ1) is 8.72. The van der Waals surface area contributed by atoms with Crippen molar-refractivity contribution < 1.29 is 4.74 Å². The van der Waals surface area contributed by atoms with Gasteiger partial charge in [0.2, 0.25) is 0 Å². The van der Waals surface area contributed by atoms with E-state index in [0.29, 0.717) is 6.10 Å². The van der Waals surface area contributed by atoms with Crippen LogP contribution in [-0.4, -0.2) is 36.0 Å². The van der Waals surface area contributed by atoms with E-state index < -0.39 is 0 Å². The van der Waals surface area contributed by atoms with Gasteiger partial charge in [-0.15, -0.1) is 5.10 Å². The molecule has 4 heteroatoms. The van der Waals surface area contributed by atoms with Crippen LogP contribution < -0.4 is 4.90 Å². The Bertz CT molecular complexity index is 395. The van der Waals surface area contributed by atoms with Gasteiger partial charge >= 0.3 is 0 Å². The van der Waals surface area contributed by atoms with Crippen molar-refractivity contribution in [1.29, 1.82) is 0 Å². The van der Waals surface area contributed by atoms with E-state index >= 15 is 0 Å². The number of ether oxygens (including phenoxy) is 1. The number of nitrogens with zero attached hydrogens (tertiary/aromatic N) is 3. The molecule has 1 aromatic heterocycles. The zero-order valence-electron chi connectivity index (χ0n) is 11.6. The molecule has 0 N–H and O–H groups in total. The lowest BCUT2D eigenvalue weighted by molar-refractivity contribution is 0.0438. The second-order valence-corrected chi connectivity index (χ2v) is 5.06. The van der Waals surface area contributed by atoms with Crippen LogP contribution in [0.1, 0.15) is 37.3 Å². The summed E-state index contributed by atoms with van der Waals surface area (Å²) < 4.78 is 5.86. The van der Waals surface area contributed by atoms with Crippen molar-refractivity contribution >= 4 is 5.82 Å². The van der Waals surface area contributed by atoms with Crippen LogP contribution in [0.25, 0.3) is 0 Å². The Morgan fingerprint density at radius 2 is 2.28 bits per heavy atom. The molecule has 2 heterocycles. The minimum absolute atomic E-state index is 0.348. The second-order valence-electron chi connectivity index (χ2n) is 5.06. The van der Waals surface area contributed by atoms with Gasteiger partial charge in [0.05, 0.1) is 12.3 Å². The van der Waals surface area contributed by atoms with Gasteiger partial charge < -0.3 is 9.64 Å². The number of piperidine rings is 1. The normalized spacial score (nSPS) is 20.2. The van der Waals surface area contributed by atoms with Crippen LogP contribution in [0.4, 0.5) is 5.82 Å². The molecule has 1 atom stereocenters. The maximum absolute atomic E-state index is 5.86. The summed E-state index contributed by atoms with van der Waals surface area (Å²) in [6.07, 6.45) is 5.59. The van der Waals surface area contributed by atoms with E-state index in [-0.39, 0.29) is 0 Å². The first-order valence-electron chi connectivity index (χ1n) is 6.87. The third-order valence-corrected chi connectivity index (χ3v) is 3.57. The molecule has 0 amide bonds. The monoisotopic (exact) mass is 249 g/mol. The number of aryl methyl sites for hydroxylation is 1. The Morgan fingerprint density at radius 1 is 1.44 bits per heavy atom. The smallest absolute Gasteiger partial charge is 0.154 e. The molecule has 1 saturated heterocycles. The number of hydrogen-bond donors (Lipinski definition) is 0. The summed E-state index contributed by atoms with van der Waals surface area (Å²) in [6, 6.07) is 0. The molecular formula is C14H23N3O. The first kappa shape index (κ1) is 13.3. The molecule has 0 radical (unpaired) electrons. The van der Waals surface area contributed by atoms with Crippen LogP contribution in [0.15, 0.2) is 6.20 Å². The lowest BCUT2D eigenvalue weighted by Crippen LogP contribution is -2.40. The minimum atomic E-state index is 0.348. The average Bonchev–Trinajstić information content (AvgIpc) is 2.40. The van der Waals surface area contributed by atoms with Crippen molar-refractivity contribution in [3.05, 3.63) is 17.3 Å². The lowest BCUT2D eigenvalue weighted by atomic mass is 10.1. The molecule has 100 valence electrons. The van der Waals surface area contributed by atoms with Crippen LogP contribution >= 0.6 is 0 Å². The predicted octanol–water partition coefficient (Wildman–Crippen LogP) is 2.49. The summed E-state index contributed by atoms with van der Waals surface area (Å²) in [7, 11) is 0. The van der Waals surface area contributed by atoms with E-state index in [1.54, 1.807) is 0 Å². The van der Waals surface area contributed by atoms with Crippen molar-refractivity contribution in [2.75, 3.05) is 24.6 Å². The van der Waals surface area contributed by atoms with E-state index in [1.807, 2.05) is 6.20 Å². The molecule has 1 aliphatic rings. The van der Waals surface area contributed by atoms with E-state index in [9.17, 15) is 0 Å². The molecule has 18 heavy (non-hydrogen) atoms. The fraction of sp³-hybridized carbons (Fsp3) is 0.714. The Balaban J connectivity index is 2.06.